The summed E-state index contributed by atoms with van der Waals surface area (Å²) in [5, 5.41) is 8.72. The highest BCUT2D eigenvalue weighted by Crippen LogP contribution is 2.26. The van der Waals surface area contributed by atoms with Crippen LogP contribution in [0.1, 0.15) is 39.0 Å². The highest BCUT2D eigenvalue weighted by molar-refractivity contribution is 5.08. The predicted octanol–water partition coefficient (Wildman–Crippen LogP) is 2.29. The highest BCUT2D eigenvalue weighted by Gasteiger charge is 2.27. The molecule has 94 valence electrons. The molecule has 0 aliphatic heterocycles. The Morgan fingerprint density at radius 2 is 2.18 bits per heavy atom. The van der Waals surface area contributed by atoms with Crippen LogP contribution in [-0.4, -0.2) is 23.5 Å². The van der Waals surface area contributed by atoms with Crippen LogP contribution in [0.25, 0.3) is 0 Å². The molecule has 2 unspecified atom stereocenters. The van der Waals surface area contributed by atoms with Gasteiger partial charge in [-0.1, -0.05) is 0 Å². The van der Waals surface area contributed by atoms with E-state index in [4.69, 9.17) is 15.4 Å². The van der Waals surface area contributed by atoms with Gasteiger partial charge in [0.25, 0.3) is 0 Å². The van der Waals surface area contributed by atoms with Gasteiger partial charge in [0.05, 0.1) is 18.4 Å². The Labute approximate surface area is 103 Å². The normalized spacial score (nSPS) is 14.9. The topological polar surface area (TPSA) is 66.2 Å². The molecule has 0 aliphatic rings. The van der Waals surface area contributed by atoms with Crippen LogP contribution in [0.5, 0.6) is 0 Å². The van der Waals surface area contributed by atoms with Crippen molar-refractivity contribution in [3.63, 3.8) is 0 Å². The van der Waals surface area contributed by atoms with Crippen molar-refractivity contribution in [3.8, 4) is 6.07 Å². The fraction of sp³-hybridized carbons (Fsp3) is 0.615. The number of nitrogens with zero attached hydrogens (tertiary/aromatic N) is 2. The van der Waals surface area contributed by atoms with E-state index in [9.17, 15) is 0 Å². The van der Waals surface area contributed by atoms with Gasteiger partial charge in [0.2, 0.25) is 0 Å². The molecule has 1 rings (SSSR count). The van der Waals surface area contributed by atoms with Crippen molar-refractivity contribution < 1.29 is 4.42 Å². The molecule has 2 N–H and O–H groups in total. The summed E-state index contributed by atoms with van der Waals surface area (Å²) in [5.41, 5.74) is 6.05. The molecule has 1 heterocycles. The first-order valence-electron chi connectivity index (χ1n) is 5.99. The molecule has 0 aromatic carbocycles. The van der Waals surface area contributed by atoms with Crippen molar-refractivity contribution >= 4 is 0 Å². The van der Waals surface area contributed by atoms with Crippen molar-refractivity contribution in [2.24, 2.45) is 5.73 Å². The molecular weight excluding hydrogens is 214 g/mol. The number of hydrogen-bond acceptors (Lipinski definition) is 4. The summed E-state index contributed by atoms with van der Waals surface area (Å²) in [4.78, 5) is 2.22. The van der Waals surface area contributed by atoms with Crippen LogP contribution in [0.15, 0.2) is 22.8 Å². The summed E-state index contributed by atoms with van der Waals surface area (Å²) in [6, 6.07) is 6.30. The second-order valence-corrected chi connectivity index (χ2v) is 4.56. The molecule has 1 aromatic heterocycles. The minimum absolute atomic E-state index is 0.0262. The molecule has 17 heavy (non-hydrogen) atoms. The maximum atomic E-state index is 8.72. The van der Waals surface area contributed by atoms with E-state index < -0.39 is 0 Å². The Kier molecular flexibility index (Phi) is 5.20. The van der Waals surface area contributed by atoms with Crippen molar-refractivity contribution in [2.45, 2.75) is 45.3 Å². The van der Waals surface area contributed by atoms with Crippen LogP contribution < -0.4 is 5.73 Å². The molecule has 2 atom stereocenters. The minimum atomic E-state index is -0.0396. The van der Waals surface area contributed by atoms with E-state index in [1.54, 1.807) is 6.26 Å². The van der Waals surface area contributed by atoms with Crippen LogP contribution in [0, 0.1) is 11.3 Å². The summed E-state index contributed by atoms with van der Waals surface area (Å²) in [7, 11) is 0. The maximum absolute atomic E-state index is 8.72. The van der Waals surface area contributed by atoms with Gasteiger partial charge in [0.15, 0.2) is 0 Å². The van der Waals surface area contributed by atoms with Gasteiger partial charge in [-0.25, -0.2) is 0 Å². The summed E-state index contributed by atoms with van der Waals surface area (Å²) in [6.45, 7) is 6.89. The SMILES string of the molecule is CC(N)C(c1ccco1)N(CCC#N)C(C)C. The summed E-state index contributed by atoms with van der Waals surface area (Å²) in [5.74, 6) is 0.867. The Balaban J connectivity index is 2.90. The van der Waals surface area contributed by atoms with Crippen LogP contribution in [-0.2, 0) is 0 Å². The zero-order valence-corrected chi connectivity index (χ0v) is 10.8. The van der Waals surface area contributed by atoms with Crippen LogP contribution in [0.3, 0.4) is 0 Å². The van der Waals surface area contributed by atoms with Gasteiger partial charge in [-0.05, 0) is 32.9 Å². The van der Waals surface area contributed by atoms with Gasteiger partial charge in [0.1, 0.15) is 5.76 Å². The van der Waals surface area contributed by atoms with E-state index >= 15 is 0 Å². The van der Waals surface area contributed by atoms with Crippen LogP contribution in [0.4, 0.5) is 0 Å². The van der Waals surface area contributed by atoms with Gasteiger partial charge in [0, 0.05) is 25.0 Å². The largest absolute Gasteiger partial charge is 0.468 e. The summed E-state index contributed by atoms with van der Waals surface area (Å²) < 4.78 is 5.46. The van der Waals surface area contributed by atoms with Crippen molar-refractivity contribution in [3.05, 3.63) is 24.2 Å². The summed E-state index contributed by atoms with van der Waals surface area (Å²) >= 11 is 0. The number of hydrogen-bond donors (Lipinski definition) is 1. The van der Waals surface area contributed by atoms with Crippen molar-refractivity contribution in [2.75, 3.05) is 6.54 Å². The fourth-order valence-electron chi connectivity index (χ4n) is 2.08. The average molecular weight is 235 g/mol. The third kappa shape index (κ3) is 3.58. The zero-order valence-electron chi connectivity index (χ0n) is 10.8. The Morgan fingerprint density at radius 1 is 1.47 bits per heavy atom. The Morgan fingerprint density at radius 3 is 2.59 bits per heavy atom. The van der Waals surface area contributed by atoms with Gasteiger partial charge in [-0.3, -0.25) is 4.90 Å². The molecule has 1 aromatic rings. The highest BCUT2D eigenvalue weighted by atomic mass is 16.3. The lowest BCUT2D eigenvalue weighted by atomic mass is 10.0. The second-order valence-electron chi connectivity index (χ2n) is 4.56. The Bertz CT molecular complexity index is 351. The molecule has 0 bridgehead atoms. The molecule has 0 saturated heterocycles. The lowest BCUT2D eigenvalue weighted by Crippen LogP contribution is -2.43. The van der Waals surface area contributed by atoms with E-state index in [1.165, 1.54) is 0 Å². The molecule has 0 amide bonds. The number of rotatable bonds is 6. The third-order valence-electron chi connectivity index (χ3n) is 2.84. The summed E-state index contributed by atoms with van der Waals surface area (Å²) in [6.07, 6.45) is 2.16. The smallest absolute Gasteiger partial charge is 0.122 e. The minimum Gasteiger partial charge on any atom is -0.468 e. The van der Waals surface area contributed by atoms with Crippen molar-refractivity contribution in [1.82, 2.24) is 4.90 Å². The molecule has 4 nitrogen and oxygen atoms in total. The van der Waals surface area contributed by atoms with E-state index in [0.29, 0.717) is 19.0 Å². The quantitative estimate of drug-likeness (QED) is 0.821. The third-order valence-corrected chi connectivity index (χ3v) is 2.84. The van der Waals surface area contributed by atoms with E-state index in [-0.39, 0.29) is 12.1 Å². The zero-order chi connectivity index (χ0) is 12.8. The van der Waals surface area contributed by atoms with Gasteiger partial charge < -0.3 is 10.2 Å². The van der Waals surface area contributed by atoms with Gasteiger partial charge >= 0.3 is 0 Å². The fourth-order valence-corrected chi connectivity index (χ4v) is 2.08. The monoisotopic (exact) mass is 235 g/mol. The van der Waals surface area contributed by atoms with Gasteiger partial charge in [-0.15, -0.1) is 0 Å². The lowest BCUT2D eigenvalue weighted by molar-refractivity contribution is 0.121. The molecule has 0 saturated carbocycles. The van der Waals surface area contributed by atoms with Crippen molar-refractivity contribution in [1.29, 1.82) is 5.26 Å². The first-order chi connectivity index (χ1) is 8.07. The van der Waals surface area contributed by atoms with Crippen LogP contribution >= 0.6 is 0 Å². The molecule has 0 aliphatic carbocycles. The standard InChI is InChI=1S/C13H21N3O/c1-10(2)16(8-5-7-14)13(11(3)15)12-6-4-9-17-12/h4,6,9-11,13H,5,8,15H2,1-3H3. The predicted molar refractivity (Wildman–Crippen MR) is 67.2 cm³/mol. The number of nitriles is 1. The number of nitrogens with two attached hydrogens (primary N) is 1. The molecular formula is C13H21N3O. The molecule has 0 radical (unpaired) electrons. The van der Waals surface area contributed by atoms with E-state index in [2.05, 4.69) is 24.8 Å². The molecule has 0 spiro atoms. The molecule has 4 heteroatoms. The van der Waals surface area contributed by atoms with Crippen LogP contribution in [0.2, 0.25) is 0 Å². The molecule has 0 fully saturated rings. The average Bonchev–Trinajstić information content (AvgIpc) is 2.76. The Hall–Kier alpha value is -1.31. The number of furan rings is 1. The lowest BCUT2D eigenvalue weighted by Gasteiger charge is -2.35. The first kappa shape index (κ1) is 13.8. The van der Waals surface area contributed by atoms with E-state index in [1.807, 2.05) is 19.1 Å². The van der Waals surface area contributed by atoms with Gasteiger partial charge in [-0.2, -0.15) is 5.26 Å². The van der Waals surface area contributed by atoms with E-state index in [0.717, 1.165) is 5.76 Å². The second kappa shape index (κ2) is 6.43. The maximum Gasteiger partial charge on any atom is 0.122 e. The first-order valence-corrected chi connectivity index (χ1v) is 5.99.